The third-order valence-corrected chi connectivity index (χ3v) is 3.18. The van der Waals surface area contributed by atoms with Crippen LogP contribution in [-0.4, -0.2) is 43.4 Å². The van der Waals surface area contributed by atoms with Crippen molar-refractivity contribution < 1.29 is 14.6 Å². The van der Waals surface area contributed by atoms with Crippen molar-refractivity contribution in [2.45, 2.75) is 18.9 Å². The van der Waals surface area contributed by atoms with Crippen molar-refractivity contribution in [3.8, 4) is 5.75 Å². The summed E-state index contributed by atoms with van der Waals surface area (Å²) in [5.41, 5.74) is 0.296. The molecular formula is C14H20N2O3. The number of aromatic hydroxyl groups is 1. The van der Waals surface area contributed by atoms with Gasteiger partial charge < -0.3 is 20.5 Å². The molecule has 0 radical (unpaired) electrons. The van der Waals surface area contributed by atoms with Gasteiger partial charge in [0.15, 0.2) is 0 Å². The summed E-state index contributed by atoms with van der Waals surface area (Å²) in [5.74, 6) is -0.272. The highest BCUT2D eigenvalue weighted by molar-refractivity contribution is 5.96. The minimum Gasteiger partial charge on any atom is -0.507 e. The third kappa shape index (κ3) is 4.22. The highest BCUT2D eigenvalue weighted by Gasteiger charge is 2.13. The van der Waals surface area contributed by atoms with Crippen molar-refractivity contribution in [2.75, 3.05) is 26.2 Å². The van der Waals surface area contributed by atoms with Gasteiger partial charge in [-0.2, -0.15) is 0 Å². The molecule has 104 valence electrons. The maximum absolute atomic E-state index is 11.8. The summed E-state index contributed by atoms with van der Waals surface area (Å²) < 4.78 is 5.68. The Morgan fingerprint density at radius 3 is 2.84 bits per heavy atom. The largest absolute Gasteiger partial charge is 0.507 e. The van der Waals surface area contributed by atoms with E-state index >= 15 is 0 Å². The van der Waals surface area contributed by atoms with Gasteiger partial charge in [0, 0.05) is 6.54 Å². The van der Waals surface area contributed by atoms with Crippen LogP contribution < -0.4 is 10.6 Å². The fourth-order valence-corrected chi connectivity index (χ4v) is 2.11. The number of phenols is 1. The Morgan fingerprint density at radius 1 is 1.37 bits per heavy atom. The second kappa shape index (κ2) is 7.11. The van der Waals surface area contributed by atoms with Gasteiger partial charge in [0.2, 0.25) is 0 Å². The highest BCUT2D eigenvalue weighted by Crippen LogP contribution is 2.14. The average molecular weight is 264 g/mol. The number of hydrogen-bond acceptors (Lipinski definition) is 4. The SMILES string of the molecule is O=C(NCCOC1CCNCC1)c1ccccc1O. The van der Waals surface area contributed by atoms with E-state index in [0.29, 0.717) is 24.8 Å². The summed E-state index contributed by atoms with van der Waals surface area (Å²) >= 11 is 0. The lowest BCUT2D eigenvalue weighted by molar-refractivity contribution is 0.0343. The number of para-hydroxylation sites is 1. The minimum atomic E-state index is -0.271. The number of amides is 1. The van der Waals surface area contributed by atoms with Gasteiger partial charge in [-0.05, 0) is 38.1 Å². The van der Waals surface area contributed by atoms with Crippen molar-refractivity contribution in [2.24, 2.45) is 0 Å². The zero-order valence-corrected chi connectivity index (χ0v) is 10.9. The Morgan fingerprint density at radius 2 is 2.11 bits per heavy atom. The molecule has 19 heavy (non-hydrogen) atoms. The van der Waals surface area contributed by atoms with Crippen molar-refractivity contribution in [1.29, 1.82) is 0 Å². The standard InChI is InChI=1S/C14H20N2O3/c17-13-4-2-1-3-12(13)14(18)16-9-10-19-11-5-7-15-8-6-11/h1-4,11,15,17H,5-10H2,(H,16,18). The topological polar surface area (TPSA) is 70.6 Å². The van der Waals surface area contributed by atoms with E-state index in [4.69, 9.17) is 4.74 Å². The average Bonchev–Trinajstić information content (AvgIpc) is 2.45. The molecule has 1 saturated heterocycles. The summed E-state index contributed by atoms with van der Waals surface area (Å²) in [6, 6.07) is 6.51. The summed E-state index contributed by atoms with van der Waals surface area (Å²) in [7, 11) is 0. The number of carbonyl (C=O) groups excluding carboxylic acids is 1. The van der Waals surface area contributed by atoms with E-state index in [1.165, 1.54) is 6.07 Å². The van der Waals surface area contributed by atoms with E-state index in [9.17, 15) is 9.90 Å². The van der Waals surface area contributed by atoms with Gasteiger partial charge in [-0.1, -0.05) is 12.1 Å². The maximum atomic E-state index is 11.8. The van der Waals surface area contributed by atoms with E-state index in [-0.39, 0.29) is 11.7 Å². The number of ether oxygens (including phenoxy) is 1. The minimum absolute atomic E-state index is 0.000673. The fourth-order valence-electron chi connectivity index (χ4n) is 2.11. The van der Waals surface area contributed by atoms with Crippen LogP contribution in [0.5, 0.6) is 5.75 Å². The molecule has 0 saturated carbocycles. The molecule has 5 nitrogen and oxygen atoms in total. The Hall–Kier alpha value is -1.59. The van der Waals surface area contributed by atoms with Gasteiger partial charge in [0.1, 0.15) is 5.75 Å². The summed E-state index contributed by atoms with van der Waals surface area (Å²) in [6.45, 7) is 2.95. The lowest BCUT2D eigenvalue weighted by Gasteiger charge is -2.22. The molecule has 1 aromatic carbocycles. The quantitative estimate of drug-likeness (QED) is 0.691. The lowest BCUT2D eigenvalue weighted by atomic mass is 10.1. The molecule has 0 aliphatic carbocycles. The number of phenolic OH excluding ortho intramolecular Hbond substituents is 1. The second-order valence-corrected chi connectivity index (χ2v) is 4.59. The van der Waals surface area contributed by atoms with Crippen LogP contribution in [0.1, 0.15) is 23.2 Å². The number of hydrogen-bond donors (Lipinski definition) is 3. The maximum Gasteiger partial charge on any atom is 0.255 e. The predicted molar refractivity (Wildman–Crippen MR) is 72.3 cm³/mol. The van der Waals surface area contributed by atoms with Crippen LogP contribution in [0.4, 0.5) is 0 Å². The molecule has 0 atom stereocenters. The van der Waals surface area contributed by atoms with Crippen LogP contribution in [-0.2, 0) is 4.74 Å². The number of carbonyl (C=O) groups is 1. The molecular weight excluding hydrogens is 244 g/mol. The summed E-state index contributed by atoms with van der Waals surface area (Å²) in [4.78, 5) is 11.8. The van der Waals surface area contributed by atoms with Gasteiger partial charge >= 0.3 is 0 Å². The molecule has 0 bridgehead atoms. The van der Waals surface area contributed by atoms with E-state index in [2.05, 4.69) is 10.6 Å². The number of rotatable bonds is 5. The highest BCUT2D eigenvalue weighted by atomic mass is 16.5. The molecule has 1 aromatic rings. The number of benzene rings is 1. The van der Waals surface area contributed by atoms with Crippen molar-refractivity contribution in [3.63, 3.8) is 0 Å². The molecule has 2 rings (SSSR count). The van der Waals surface area contributed by atoms with Gasteiger partial charge in [-0.15, -0.1) is 0 Å². The van der Waals surface area contributed by atoms with Crippen LogP contribution in [0.2, 0.25) is 0 Å². The first kappa shape index (κ1) is 13.8. The zero-order valence-electron chi connectivity index (χ0n) is 10.9. The van der Waals surface area contributed by atoms with E-state index in [0.717, 1.165) is 25.9 Å². The first-order valence-electron chi connectivity index (χ1n) is 6.66. The molecule has 1 heterocycles. The second-order valence-electron chi connectivity index (χ2n) is 4.59. The van der Waals surface area contributed by atoms with E-state index in [1.54, 1.807) is 18.2 Å². The molecule has 0 aromatic heterocycles. The Balaban J connectivity index is 1.68. The van der Waals surface area contributed by atoms with E-state index < -0.39 is 0 Å². The Kier molecular flexibility index (Phi) is 5.18. The Bertz CT molecular complexity index is 417. The Labute approximate surface area is 113 Å². The monoisotopic (exact) mass is 264 g/mol. The van der Waals surface area contributed by atoms with Gasteiger partial charge in [0.05, 0.1) is 18.3 Å². The van der Waals surface area contributed by atoms with Crippen LogP contribution in [0, 0.1) is 0 Å². The smallest absolute Gasteiger partial charge is 0.255 e. The first-order chi connectivity index (χ1) is 9.27. The summed E-state index contributed by atoms with van der Waals surface area (Å²) in [6.07, 6.45) is 2.34. The lowest BCUT2D eigenvalue weighted by Crippen LogP contribution is -2.34. The zero-order chi connectivity index (χ0) is 13.5. The molecule has 1 aliphatic heterocycles. The van der Waals surface area contributed by atoms with Crippen LogP contribution in [0.15, 0.2) is 24.3 Å². The van der Waals surface area contributed by atoms with Gasteiger partial charge in [-0.25, -0.2) is 0 Å². The third-order valence-electron chi connectivity index (χ3n) is 3.18. The molecule has 1 aliphatic rings. The van der Waals surface area contributed by atoms with Crippen molar-refractivity contribution in [3.05, 3.63) is 29.8 Å². The predicted octanol–water partition coefficient (Wildman–Crippen LogP) is 0.891. The molecule has 1 amide bonds. The van der Waals surface area contributed by atoms with Gasteiger partial charge in [0.25, 0.3) is 5.91 Å². The molecule has 5 heteroatoms. The first-order valence-corrected chi connectivity index (χ1v) is 6.66. The van der Waals surface area contributed by atoms with Crippen LogP contribution in [0.3, 0.4) is 0 Å². The number of piperidine rings is 1. The normalized spacial score (nSPS) is 16.2. The van der Waals surface area contributed by atoms with Crippen molar-refractivity contribution >= 4 is 5.91 Å². The van der Waals surface area contributed by atoms with Crippen LogP contribution in [0.25, 0.3) is 0 Å². The van der Waals surface area contributed by atoms with E-state index in [1.807, 2.05) is 0 Å². The van der Waals surface area contributed by atoms with Crippen LogP contribution >= 0.6 is 0 Å². The fraction of sp³-hybridized carbons (Fsp3) is 0.500. The number of nitrogens with one attached hydrogen (secondary N) is 2. The van der Waals surface area contributed by atoms with Crippen molar-refractivity contribution in [1.82, 2.24) is 10.6 Å². The molecule has 0 spiro atoms. The molecule has 0 unspecified atom stereocenters. The molecule has 1 fully saturated rings. The van der Waals surface area contributed by atoms with Gasteiger partial charge in [-0.3, -0.25) is 4.79 Å². The molecule has 3 N–H and O–H groups in total. The summed E-state index contributed by atoms with van der Waals surface area (Å²) in [5, 5.41) is 15.6.